The molecule has 2 N–H and O–H groups in total. The van der Waals surface area contributed by atoms with Crippen LogP contribution in [0.2, 0.25) is 10.0 Å². The number of carbonyl (C=O) groups is 1. The first-order chi connectivity index (χ1) is 19.4. The van der Waals surface area contributed by atoms with Crippen LogP contribution in [0.15, 0.2) is 61.4 Å². The lowest BCUT2D eigenvalue weighted by Gasteiger charge is -2.31. The van der Waals surface area contributed by atoms with Crippen molar-refractivity contribution in [1.82, 2.24) is 29.4 Å². The van der Waals surface area contributed by atoms with E-state index in [-0.39, 0.29) is 37.2 Å². The largest absolute Gasteiger partial charge is 0.481 e. The Morgan fingerprint density at radius 1 is 1.05 bits per heavy atom. The monoisotopic (exact) mass is 653 g/mol. The van der Waals surface area contributed by atoms with Crippen molar-refractivity contribution in [3.63, 3.8) is 0 Å². The van der Waals surface area contributed by atoms with Gasteiger partial charge in [-0.15, -0.1) is 24.8 Å². The van der Waals surface area contributed by atoms with Gasteiger partial charge in [0.1, 0.15) is 0 Å². The Bertz CT molecular complexity index is 1410. The van der Waals surface area contributed by atoms with E-state index in [1.54, 1.807) is 31.0 Å². The fourth-order valence-electron chi connectivity index (χ4n) is 4.70. The highest BCUT2D eigenvalue weighted by atomic mass is 35.5. The van der Waals surface area contributed by atoms with E-state index in [9.17, 15) is 4.79 Å². The second-order valence-corrected chi connectivity index (χ2v) is 10.6. The maximum Gasteiger partial charge on any atom is 0.303 e. The van der Waals surface area contributed by atoms with E-state index in [4.69, 9.17) is 38.0 Å². The molecule has 224 valence electrons. The van der Waals surface area contributed by atoms with E-state index >= 15 is 0 Å². The van der Waals surface area contributed by atoms with Crippen LogP contribution in [-0.2, 0) is 17.9 Å². The number of aliphatic carboxylic acids is 1. The number of hydrogen-bond acceptors (Lipinski definition) is 8. The van der Waals surface area contributed by atoms with Gasteiger partial charge in [-0.1, -0.05) is 23.2 Å². The highest BCUT2D eigenvalue weighted by molar-refractivity contribution is 6.35. The third-order valence-electron chi connectivity index (χ3n) is 6.66. The third-order valence-corrected chi connectivity index (χ3v) is 7.10. The summed E-state index contributed by atoms with van der Waals surface area (Å²) in [7, 11) is 0. The SMILES string of the molecule is Cl.Cl.O=C(O)CC1CCN(Cc2cc(Oc3cnc(NCCn4ccnc4)nc3)nc(-c3cc(Cl)cc(Cl)c3)c2)CC1. The average molecular weight is 655 g/mol. The van der Waals surface area contributed by atoms with Crippen LogP contribution >= 0.6 is 48.0 Å². The van der Waals surface area contributed by atoms with E-state index < -0.39 is 5.97 Å². The van der Waals surface area contributed by atoms with Crippen LogP contribution in [0.3, 0.4) is 0 Å². The number of likely N-dealkylation sites (tertiary alicyclic amines) is 1. The van der Waals surface area contributed by atoms with E-state index in [1.165, 1.54) is 0 Å². The van der Waals surface area contributed by atoms with Gasteiger partial charge in [-0.25, -0.2) is 19.9 Å². The fraction of sp³-hybridized carbons (Fsp3) is 0.321. The van der Waals surface area contributed by atoms with Crippen molar-refractivity contribution in [2.75, 3.05) is 25.0 Å². The highest BCUT2D eigenvalue weighted by Gasteiger charge is 2.22. The summed E-state index contributed by atoms with van der Waals surface area (Å²) in [6.07, 6.45) is 10.5. The minimum absolute atomic E-state index is 0. The van der Waals surface area contributed by atoms with Crippen LogP contribution in [0.25, 0.3) is 11.3 Å². The second-order valence-electron chi connectivity index (χ2n) is 9.75. The smallest absolute Gasteiger partial charge is 0.303 e. The topological polar surface area (TPSA) is 118 Å². The van der Waals surface area contributed by atoms with E-state index in [0.717, 1.165) is 43.6 Å². The Kier molecular flexibility index (Phi) is 12.6. The predicted molar refractivity (Wildman–Crippen MR) is 167 cm³/mol. The minimum Gasteiger partial charge on any atom is -0.481 e. The van der Waals surface area contributed by atoms with Crippen molar-refractivity contribution in [3.05, 3.63) is 77.1 Å². The zero-order valence-electron chi connectivity index (χ0n) is 22.5. The molecule has 1 aliphatic heterocycles. The van der Waals surface area contributed by atoms with E-state index in [2.05, 4.69) is 25.2 Å². The summed E-state index contributed by atoms with van der Waals surface area (Å²) in [5.41, 5.74) is 2.46. The molecule has 0 spiro atoms. The van der Waals surface area contributed by atoms with Gasteiger partial charge in [-0.3, -0.25) is 9.69 Å². The molecule has 0 saturated carbocycles. The molecule has 10 nitrogen and oxygen atoms in total. The van der Waals surface area contributed by atoms with Gasteiger partial charge < -0.3 is 19.7 Å². The fourth-order valence-corrected chi connectivity index (χ4v) is 5.23. The van der Waals surface area contributed by atoms with Crippen molar-refractivity contribution in [1.29, 1.82) is 0 Å². The number of imidazole rings is 1. The van der Waals surface area contributed by atoms with Gasteiger partial charge in [-0.2, -0.15) is 0 Å². The Balaban J connectivity index is 0.00000242. The quantitative estimate of drug-likeness (QED) is 0.187. The lowest BCUT2D eigenvalue weighted by atomic mass is 9.93. The molecular formula is C28H31Cl4N7O3. The first kappa shape index (κ1) is 33.4. The van der Waals surface area contributed by atoms with Gasteiger partial charge in [0.05, 0.1) is 24.4 Å². The van der Waals surface area contributed by atoms with Crippen molar-refractivity contribution < 1.29 is 14.6 Å². The molecule has 1 saturated heterocycles. The van der Waals surface area contributed by atoms with Crippen LogP contribution in [0.1, 0.15) is 24.8 Å². The maximum atomic E-state index is 11.1. The molecule has 0 amide bonds. The number of rotatable bonds is 11. The van der Waals surface area contributed by atoms with Crippen LogP contribution < -0.4 is 10.1 Å². The maximum absolute atomic E-state index is 11.1. The van der Waals surface area contributed by atoms with Gasteiger partial charge in [0.25, 0.3) is 0 Å². The van der Waals surface area contributed by atoms with Gasteiger partial charge >= 0.3 is 5.97 Å². The first-order valence-corrected chi connectivity index (χ1v) is 13.8. The summed E-state index contributed by atoms with van der Waals surface area (Å²) >= 11 is 12.5. The minimum atomic E-state index is -0.735. The lowest BCUT2D eigenvalue weighted by Crippen LogP contribution is -2.33. The highest BCUT2D eigenvalue weighted by Crippen LogP contribution is 2.31. The van der Waals surface area contributed by atoms with Gasteiger partial charge in [0, 0.05) is 60.1 Å². The molecule has 0 radical (unpaired) electrons. The standard InChI is InChI=1S/C28H29Cl2N7O3.2ClH/c29-22-12-21(13-23(30)14-22)25-9-20(17-36-5-1-19(2-6-36)11-27(38)39)10-26(35-25)40-24-15-33-28(34-16-24)32-4-8-37-7-3-31-18-37;;/h3,7,9-10,12-16,18-19H,1-2,4-6,8,11,17H2,(H,38,39)(H,32,33,34);2*1H. The van der Waals surface area contributed by atoms with Gasteiger partial charge in [0.15, 0.2) is 5.75 Å². The third kappa shape index (κ3) is 9.71. The molecule has 4 aromatic rings. The van der Waals surface area contributed by atoms with Crippen LogP contribution in [-0.4, -0.2) is 60.1 Å². The number of aromatic nitrogens is 5. The van der Waals surface area contributed by atoms with Crippen molar-refractivity contribution in [2.45, 2.75) is 32.4 Å². The normalized spacial score (nSPS) is 13.6. The number of nitrogens with zero attached hydrogens (tertiary/aromatic N) is 6. The summed E-state index contributed by atoms with van der Waals surface area (Å²) in [4.78, 5) is 30.9. The number of nitrogens with one attached hydrogen (secondary N) is 1. The molecule has 42 heavy (non-hydrogen) atoms. The Morgan fingerprint density at radius 3 is 2.40 bits per heavy atom. The Morgan fingerprint density at radius 2 is 1.76 bits per heavy atom. The molecule has 5 rings (SSSR count). The number of piperidine rings is 1. The molecule has 1 fully saturated rings. The van der Waals surface area contributed by atoms with Gasteiger partial charge in [-0.05, 0) is 61.7 Å². The number of benzene rings is 1. The molecular weight excluding hydrogens is 624 g/mol. The summed E-state index contributed by atoms with van der Waals surface area (Å²) in [5.74, 6) is 0.831. The second kappa shape index (κ2) is 15.9. The number of hydrogen-bond donors (Lipinski definition) is 2. The zero-order chi connectivity index (χ0) is 27.9. The molecule has 0 atom stereocenters. The van der Waals surface area contributed by atoms with Gasteiger partial charge in [0.2, 0.25) is 11.8 Å². The predicted octanol–water partition coefficient (Wildman–Crippen LogP) is 6.48. The molecule has 0 unspecified atom stereocenters. The lowest BCUT2D eigenvalue weighted by molar-refractivity contribution is -0.138. The molecule has 4 heterocycles. The number of carboxylic acid groups (broad SMARTS) is 1. The summed E-state index contributed by atoms with van der Waals surface area (Å²) in [6, 6.07) is 9.21. The molecule has 0 bridgehead atoms. The number of halogens is 4. The Hall–Kier alpha value is -3.15. The molecule has 0 aliphatic carbocycles. The molecule has 1 aromatic carbocycles. The van der Waals surface area contributed by atoms with Crippen molar-refractivity contribution >= 4 is 59.9 Å². The summed E-state index contributed by atoms with van der Waals surface area (Å²) < 4.78 is 8.05. The number of anilines is 1. The zero-order valence-corrected chi connectivity index (χ0v) is 25.7. The molecule has 14 heteroatoms. The van der Waals surface area contributed by atoms with E-state index in [0.29, 0.717) is 46.4 Å². The Labute approximate surface area is 266 Å². The van der Waals surface area contributed by atoms with Crippen molar-refractivity contribution in [3.8, 4) is 22.9 Å². The first-order valence-electron chi connectivity index (χ1n) is 13.0. The van der Waals surface area contributed by atoms with Crippen LogP contribution in [0.5, 0.6) is 11.6 Å². The average Bonchev–Trinajstić information content (AvgIpc) is 3.44. The van der Waals surface area contributed by atoms with Crippen LogP contribution in [0, 0.1) is 5.92 Å². The van der Waals surface area contributed by atoms with Crippen molar-refractivity contribution in [2.24, 2.45) is 5.92 Å². The summed E-state index contributed by atoms with van der Waals surface area (Å²) in [5, 5.41) is 13.3. The molecule has 1 aliphatic rings. The summed E-state index contributed by atoms with van der Waals surface area (Å²) in [6.45, 7) is 3.73. The van der Waals surface area contributed by atoms with E-state index in [1.807, 2.05) is 35.0 Å². The number of carboxylic acids is 1. The molecule has 3 aromatic heterocycles. The van der Waals surface area contributed by atoms with Crippen LogP contribution in [0.4, 0.5) is 5.95 Å². The number of pyridine rings is 1. The number of ether oxygens (including phenoxy) is 1.